The van der Waals surface area contributed by atoms with Gasteiger partial charge in [-0.2, -0.15) is 0 Å². The molecule has 2 saturated carbocycles. The fourth-order valence-corrected chi connectivity index (χ4v) is 4.16. The first kappa shape index (κ1) is 22.2. The molecule has 3 N–H and O–H groups in total. The van der Waals surface area contributed by atoms with Gasteiger partial charge in [-0.1, -0.05) is 48.9 Å². The molecule has 0 aliphatic heterocycles. The van der Waals surface area contributed by atoms with Crippen LogP contribution in [-0.4, -0.2) is 44.7 Å². The monoisotopic (exact) mass is 434 g/mol. The second kappa shape index (κ2) is 10.5. The lowest BCUT2D eigenvalue weighted by molar-refractivity contribution is -0.123. The summed E-state index contributed by atoms with van der Waals surface area (Å²) < 4.78 is 5.57. The Bertz CT molecular complexity index is 903. The number of rotatable bonds is 10. The van der Waals surface area contributed by atoms with Gasteiger partial charge in [-0.25, -0.2) is 0 Å². The average Bonchev–Trinajstić information content (AvgIpc) is 3.61. The van der Waals surface area contributed by atoms with Crippen molar-refractivity contribution in [3.8, 4) is 5.75 Å². The highest BCUT2D eigenvalue weighted by Crippen LogP contribution is 2.43. The van der Waals surface area contributed by atoms with E-state index in [4.69, 9.17) is 4.74 Å². The lowest BCUT2D eigenvalue weighted by atomic mass is 9.64. The Morgan fingerprint density at radius 1 is 1.06 bits per heavy atom. The molecule has 0 aromatic heterocycles. The van der Waals surface area contributed by atoms with Crippen LogP contribution in [0.4, 0.5) is 0 Å². The third-order valence-electron chi connectivity index (χ3n) is 6.46. The fourth-order valence-electron chi connectivity index (χ4n) is 4.16. The summed E-state index contributed by atoms with van der Waals surface area (Å²) in [5.74, 6) is 1.52. The SMILES string of the molecule is CN=C(NCCc1ccc(OCC(=O)NC2CC2)cc1)NCC1(c2ccccc2)CCC1. The molecule has 0 saturated heterocycles. The Morgan fingerprint density at radius 3 is 2.44 bits per heavy atom. The van der Waals surface area contributed by atoms with Crippen LogP contribution in [0.25, 0.3) is 0 Å². The zero-order valence-electron chi connectivity index (χ0n) is 18.9. The summed E-state index contributed by atoms with van der Waals surface area (Å²) in [5, 5.41) is 9.88. The lowest BCUT2D eigenvalue weighted by Gasteiger charge is -2.43. The number of hydrogen-bond donors (Lipinski definition) is 3. The Labute approximate surface area is 190 Å². The van der Waals surface area contributed by atoms with Crippen LogP contribution in [0.3, 0.4) is 0 Å². The molecule has 2 aliphatic carbocycles. The fraction of sp³-hybridized carbons (Fsp3) is 0.462. The Morgan fingerprint density at radius 2 is 1.81 bits per heavy atom. The van der Waals surface area contributed by atoms with E-state index in [1.165, 1.54) is 30.4 Å². The molecule has 0 radical (unpaired) electrons. The van der Waals surface area contributed by atoms with Crippen molar-refractivity contribution >= 4 is 11.9 Å². The topological polar surface area (TPSA) is 74.8 Å². The van der Waals surface area contributed by atoms with Gasteiger partial charge in [-0.3, -0.25) is 9.79 Å². The minimum Gasteiger partial charge on any atom is -0.484 e. The van der Waals surface area contributed by atoms with Crippen molar-refractivity contribution < 1.29 is 9.53 Å². The first-order valence-corrected chi connectivity index (χ1v) is 11.7. The summed E-state index contributed by atoms with van der Waals surface area (Å²) in [5.41, 5.74) is 2.86. The molecule has 4 rings (SSSR count). The van der Waals surface area contributed by atoms with E-state index in [1.807, 2.05) is 31.3 Å². The van der Waals surface area contributed by atoms with Gasteiger partial charge >= 0.3 is 0 Å². The predicted octanol–water partition coefficient (Wildman–Crippen LogP) is 3.17. The highest BCUT2D eigenvalue weighted by Gasteiger charge is 2.38. The van der Waals surface area contributed by atoms with Gasteiger partial charge in [0.05, 0.1) is 0 Å². The standard InChI is InChI=1S/C26H34N4O2/c1-27-25(29-19-26(15-5-16-26)21-6-3-2-4-7-21)28-17-14-20-8-12-23(13-9-20)32-18-24(31)30-22-10-11-22/h2-4,6-9,12-13,22H,5,10-11,14-19H2,1H3,(H,30,31)(H2,27,28,29). The van der Waals surface area contributed by atoms with Crippen molar-refractivity contribution in [1.82, 2.24) is 16.0 Å². The normalized spacial score (nSPS) is 17.2. The van der Waals surface area contributed by atoms with E-state index >= 15 is 0 Å². The molecule has 2 fully saturated rings. The zero-order chi connectivity index (χ0) is 22.2. The molecule has 0 spiro atoms. The quantitative estimate of drug-likeness (QED) is 0.397. The highest BCUT2D eigenvalue weighted by molar-refractivity contribution is 5.79. The third kappa shape index (κ3) is 6.02. The van der Waals surface area contributed by atoms with Crippen molar-refractivity contribution in [3.05, 3.63) is 65.7 Å². The summed E-state index contributed by atoms with van der Waals surface area (Å²) >= 11 is 0. The molecule has 0 unspecified atom stereocenters. The molecule has 1 amide bonds. The average molecular weight is 435 g/mol. The van der Waals surface area contributed by atoms with Crippen LogP contribution in [0.2, 0.25) is 0 Å². The summed E-state index contributed by atoms with van der Waals surface area (Å²) in [4.78, 5) is 16.1. The maximum absolute atomic E-state index is 11.7. The minimum atomic E-state index is -0.0457. The van der Waals surface area contributed by atoms with Crippen LogP contribution in [-0.2, 0) is 16.6 Å². The van der Waals surface area contributed by atoms with E-state index < -0.39 is 0 Å². The smallest absolute Gasteiger partial charge is 0.258 e. The first-order valence-electron chi connectivity index (χ1n) is 11.7. The summed E-state index contributed by atoms with van der Waals surface area (Å²) in [6.45, 7) is 1.77. The molecular formula is C26H34N4O2. The number of benzene rings is 2. The number of aliphatic imine (C=N–C) groups is 1. The second-order valence-electron chi connectivity index (χ2n) is 8.88. The Balaban J connectivity index is 1.18. The number of carbonyl (C=O) groups excluding carboxylic acids is 1. The van der Waals surface area contributed by atoms with E-state index in [0.29, 0.717) is 6.04 Å². The van der Waals surface area contributed by atoms with Gasteiger partial charge in [0.2, 0.25) is 0 Å². The first-order chi connectivity index (χ1) is 15.7. The molecule has 2 aromatic rings. The number of nitrogens with zero attached hydrogens (tertiary/aromatic N) is 1. The molecule has 170 valence electrons. The summed E-state index contributed by atoms with van der Waals surface area (Å²) in [7, 11) is 1.82. The van der Waals surface area contributed by atoms with Gasteiger partial charge in [0, 0.05) is 31.6 Å². The number of guanidine groups is 1. The number of nitrogens with one attached hydrogen (secondary N) is 3. The molecule has 32 heavy (non-hydrogen) atoms. The van der Waals surface area contributed by atoms with Gasteiger partial charge in [0.25, 0.3) is 5.91 Å². The third-order valence-corrected chi connectivity index (χ3v) is 6.46. The van der Waals surface area contributed by atoms with Crippen LogP contribution in [0.5, 0.6) is 5.75 Å². The van der Waals surface area contributed by atoms with Crippen LogP contribution >= 0.6 is 0 Å². The van der Waals surface area contributed by atoms with Gasteiger partial charge in [-0.15, -0.1) is 0 Å². The lowest BCUT2D eigenvalue weighted by Crippen LogP contribution is -2.49. The maximum Gasteiger partial charge on any atom is 0.258 e. The van der Waals surface area contributed by atoms with Crippen molar-refractivity contribution in [1.29, 1.82) is 0 Å². The molecule has 0 heterocycles. The van der Waals surface area contributed by atoms with E-state index in [2.05, 4.69) is 51.3 Å². The molecule has 6 nitrogen and oxygen atoms in total. The van der Waals surface area contributed by atoms with Crippen molar-refractivity contribution in [2.24, 2.45) is 4.99 Å². The van der Waals surface area contributed by atoms with E-state index in [0.717, 1.165) is 44.1 Å². The van der Waals surface area contributed by atoms with Crippen molar-refractivity contribution in [2.45, 2.75) is 50.0 Å². The van der Waals surface area contributed by atoms with E-state index in [-0.39, 0.29) is 17.9 Å². The number of ether oxygens (including phenoxy) is 1. The van der Waals surface area contributed by atoms with Crippen LogP contribution in [0.15, 0.2) is 59.6 Å². The maximum atomic E-state index is 11.7. The Hall–Kier alpha value is -3.02. The Kier molecular flexibility index (Phi) is 7.30. The van der Waals surface area contributed by atoms with E-state index in [1.54, 1.807) is 0 Å². The molecule has 6 heteroatoms. The molecule has 0 atom stereocenters. The predicted molar refractivity (Wildman–Crippen MR) is 128 cm³/mol. The highest BCUT2D eigenvalue weighted by atomic mass is 16.5. The summed E-state index contributed by atoms with van der Waals surface area (Å²) in [6.07, 6.45) is 6.78. The van der Waals surface area contributed by atoms with Crippen LogP contribution in [0, 0.1) is 0 Å². The number of amides is 1. The van der Waals surface area contributed by atoms with Gasteiger partial charge in [0.1, 0.15) is 5.75 Å². The van der Waals surface area contributed by atoms with Gasteiger partial charge < -0.3 is 20.7 Å². The molecule has 0 bridgehead atoms. The zero-order valence-corrected chi connectivity index (χ0v) is 18.9. The largest absolute Gasteiger partial charge is 0.484 e. The molecule has 2 aromatic carbocycles. The molecule has 2 aliphatic rings. The van der Waals surface area contributed by atoms with Gasteiger partial charge in [0.15, 0.2) is 12.6 Å². The van der Waals surface area contributed by atoms with Crippen molar-refractivity contribution in [3.63, 3.8) is 0 Å². The minimum absolute atomic E-state index is 0.0457. The number of carbonyl (C=O) groups is 1. The molecular weight excluding hydrogens is 400 g/mol. The number of hydrogen-bond acceptors (Lipinski definition) is 3. The van der Waals surface area contributed by atoms with Crippen LogP contribution in [0.1, 0.15) is 43.2 Å². The van der Waals surface area contributed by atoms with E-state index in [9.17, 15) is 4.79 Å². The van der Waals surface area contributed by atoms with Crippen molar-refractivity contribution in [2.75, 3.05) is 26.7 Å². The summed E-state index contributed by atoms with van der Waals surface area (Å²) in [6, 6.07) is 19.1. The second-order valence-corrected chi connectivity index (χ2v) is 8.88. The van der Waals surface area contributed by atoms with Crippen LogP contribution < -0.4 is 20.7 Å². The van der Waals surface area contributed by atoms with Gasteiger partial charge in [-0.05, 0) is 55.4 Å².